The molecule has 0 atom stereocenters. The molecule has 0 radical (unpaired) electrons. The van der Waals surface area contributed by atoms with Crippen molar-refractivity contribution in [1.82, 2.24) is 0 Å². The fourth-order valence-corrected chi connectivity index (χ4v) is 6.09. The molecular formula is C48H52N2O10. The Kier molecular flexibility index (Phi) is 18.6. The molecule has 12 heteroatoms. The van der Waals surface area contributed by atoms with Gasteiger partial charge in [-0.15, -0.1) is 0 Å². The van der Waals surface area contributed by atoms with E-state index in [9.17, 15) is 14.4 Å². The van der Waals surface area contributed by atoms with Crippen molar-refractivity contribution in [3.05, 3.63) is 144 Å². The van der Waals surface area contributed by atoms with E-state index in [-0.39, 0.29) is 12.4 Å². The normalized spacial score (nSPS) is 12.4. The van der Waals surface area contributed by atoms with Gasteiger partial charge in [0.25, 0.3) is 0 Å². The number of fused-ring (bicyclic) bond motifs is 1. The van der Waals surface area contributed by atoms with Gasteiger partial charge >= 0.3 is 17.9 Å². The quantitative estimate of drug-likeness (QED) is 0.0114. The molecule has 60 heavy (non-hydrogen) atoms. The van der Waals surface area contributed by atoms with Crippen LogP contribution in [0.5, 0.6) is 23.0 Å². The van der Waals surface area contributed by atoms with Crippen LogP contribution in [0.4, 0.5) is 0 Å². The van der Waals surface area contributed by atoms with E-state index < -0.39 is 17.9 Å². The zero-order valence-corrected chi connectivity index (χ0v) is 33.9. The molecule has 0 unspecified atom stereocenters. The van der Waals surface area contributed by atoms with E-state index in [1.54, 1.807) is 48.7 Å². The fraction of sp³-hybridized carbons (Fsp3) is 0.312. The first-order chi connectivity index (χ1) is 29.4. The summed E-state index contributed by atoms with van der Waals surface area (Å²) in [6.45, 7) is 8.83. The Morgan fingerprint density at radius 2 is 1.22 bits per heavy atom. The minimum Gasteiger partial charge on any atom is -0.494 e. The third-order valence-corrected chi connectivity index (χ3v) is 9.35. The largest absolute Gasteiger partial charge is 0.494 e. The molecule has 0 spiro atoms. The second-order valence-electron chi connectivity index (χ2n) is 13.8. The number of aryl methyl sites for hydroxylation is 1. The van der Waals surface area contributed by atoms with Gasteiger partial charge in [0.15, 0.2) is 5.75 Å². The molecule has 12 nitrogen and oxygen atoms in total. The predicted octanol–water partition coefficient (Wildman–Crippen LogP) is 9.52. The van der Waals surface area contributed by atoms with E-state index in [2.05, 4.69) is 29.4 Å². The van der Waals surface area contributed by atoms with Gasteiger partial charge in [0, 0.05) is 23.3 Å². The van der Waals surface area contributed by atoms with Gasteiger partial charge in [0.2, 0.25) is 0 Å². The molecule has 1 aliphatic rings. The molecule has 0 saturated carbocycles. The molecule has 4 aromatic rings. The number of nitrogens with zero attached hydrogens (tertiary/aromatic N) is 2. The molecule has 0 aromatic heterocycles. The van der Waals surface area contributed by atoms with Crippen molar-refractivity contribution in [2.24, 2.45) is 10.2 Å². The Bertz CT molecular complexity index is 2080. The number of hydrogen-bond acceptors (Lipinski definition) is 12. The Morgan fingerprint density at radius 1 is 0.633 bits per heavy atom. The molecule has 0 heterocycles. The number of carbonyl (C=O) groups is 3. The summed E-state index contributed by atoms with van der Waals surface area (Å²) < 4.78 is 27.4. The van der Waals surface area contributed by atoms with Crippen molar-refractivity contribution in [3.63, 3.8) is 0 Å². The summed E-state index contributed by atoms with van der Waals surface area (Å²) in [5.74, 6) is 0.715. The lowest BCUT2D eigenvalue weighted by atomic mass is 10.1. The number of carbonyl (C=O) groups excluding carboxylic acids is 3. The van der Waals surface area contributed by atoms with E-state index in [0.29, 0.717) is 49.1 Å². The minimum atomic E-state index is -0.537. The first-order valence-corrected chi connectivity index (χ1v) is 20.3. The summed E-state index contributed by atoms with van der Waals surface area (Å²) in [5, 5.41) is 8.89. The Labute approximate surface area is 351 Å². The van der Waals surface area contributed by atoms with Crippen LogP contribution in [0.1, 0.15) is 90.4 Å². The van der Waals surface area contributed by atoms with Crippen LogP contribution in [0.15, 0.2) is 127 Å². The van der Waals surface area contributed by atoms with Gasteiger partial charge in [-0.1, -0.05) is 49.6 Å². The lowest BCUT2D eigenvalue weighted by Gasteiger charge is -2.11. The van der Waals surface area contributed by atoms with E-state index in [1.807, 2.05) is 42.5 Å². The third-order valence-electron chi connectivity index (χ3n) is 9.35. The summed E-state index contributed by atoms with van der Waals surface area (Å²) in [7, 11) is 0. The topological polar surface area (TPSA) is 141 Å². The SMILES string of the molecule is C=CC(=O)OCCCCCCOc1ccc(COOc2ccc(OC(=O)c3ccc(OCCCCCCOC(=O)C=C)cc3)cc2/C=N/N=C2\CCc3ccccc32)cc1. The maximum absolute atomic E-state index is 13.1. The lowest BCUT2D eigenvalue weighted by Crippen LogP contribution is -2.09. The van der Waals surface area contributed by atoms with Crippen LogP contribution in [-0.4, -0.2) is 56.3 Å². The van der Waals surface area contributed by atoms with E-state index >= 15 is 0 Å². The molecule has 0 fully saturated rings. The van der Waals surface area contributed by atoms with Crippen LogP contribution in [0.3, 0.4) is 0 Å². The van der Waals surface area contributed by atoms with Crippen molar-refractivity contribution in [3.8, 4) is 23.0 Å². The van der Waals surface area contributed by atoms with E-state index in [1.165, 1.54) is 11.6 Å². The second-order valence-corrected chi connectivity index (χ2v) is 13.8. The molecule has 0 aliphatic heterocycles. The number of hydrogen-bond donors (Lipinski definition) is 0. The van der Waals surface area contributed by atoms with Crippen LogP contribution in [0, 0.1) is 0 Å². The second kappa shape index (κ2) is 25.1. The van der Waals surface area contributed by atoms with Crippen molar-refractivity contribution in [1.29, 1.82) is 0 Å². The van der Waals surface area contributed by atoms with Crippen molar-refractivity contribution in [2.75, 3.05) is 26.4 Å². The highest BCUT2D eigenvalue weighted by atomic mass is 17.2. The third kappa shape index (κ3) is 15.3. The van der Waals surface area contributed by atoms with Crippen LogP contribution in [-0.2, 0) is 37.0 Å². The summed E-state index contributed by atoms with van der Waals surface area (Å²) in [5.41, 5.74) is 4.96. The van der Waals surface area contributed by atoms with Crippen molar-refractivity contribution < 1.29 is 47.8 Å². The highest BCUT2D eigenvalue weighted by Gasteiger charge is 2.17. The standard InChI is InChI=1S/C48H52N2O10/c1-3-46(51)56-31-13-7-5-11-29-54-40-22-17-36(18-23-40)35-58-60-45-28-26-42(33-39(45)34-49-50-44-27-21-37-15-9-10-16-43(37)44)59-48(53)38-19-24-41(25-20-38)55-30-12-6-8-14-32-57-47(52)4-2/h3-4,9-10,15-20,22-26,28,33-34H,1-2,5-8,11-14,21,27,29-32,35H2/b49-34+,50-44+. The summed E-state index contributed by atoms with van der Waals surface area (Å²) in [6, 6.07) is 27.4. The predicted molar refractivity (Wildman–Crippen MR) is 229 cm³/mol. The molecule has 314 valence electrons. The summed E-state index contributed by atoms with van der Waals surface area (Å²) in [4.78, 5) is 46.7. The molecule has 0 N–H and O–H groups in total. The van der Waals surface area contributed by atoms with Gasteiger partial charge in [-0.2, -0.15) is 15.1 Å². The fourth-order valence-electron chi connectivity index (χ4n) is 6.09. The van der Waals surface area contributed by atoms with Crippen LogP contribution in [0.2, 0.25) is 0 Å². The van der Waals surface area contributed by atoms with Crippen LogP contribution < -0.4 is 19.1 Å². The zero-order valence-electron chi connectivity index (χ0n) is 33.9. The molecule has 0 saturated heterocycles. The summed E-state index contributed by atoms with van der Waals surface area (Å²) in [6.07, 6.45) is 12.7. The van der Waals surface area contributed by atoms with Gasteiger partial charge in [0.1, 0.15) is 23.9 Å². The number of unbranched alkanes of at least 4 members (excludes halogenated alkanes) is 6. The van der Waals surface area contributed by atoms with Crippen LogP contribution in [0.25, 0.3) is 0 Å². The Hall–Kier alpha value is -6.53. The first-order valence-electron chi connectivity index (χ1n) is 20.3. The number of ether oxygens (including phenoxy) is 5. The smallest absolute Gasteiger partial charge is 0.343 e. The molecule has 0 bridgehead atoms. The van der Waals surface area contributed by atoms with Crippen molar-refractivity contribution in [2.45, 2.75) is 70.8 Å². The number of rotatable bonds is 26. The van der Waals surface area contributed by atoms with E-state index in [4.69, 9.17) is 33.5 Å². The zero-order chi connectivity index (χ0) is 42.2. The number of esters is 3. The van der Waals surface area contributed by atoms with Crippen LogP contribution >= 0.6 is 0 Å². The molecule has 4 aromatic carbocycles. The van der Waals surface area contributed by atoms with Gasteiger partial charge in [-0.25, -0.2) is 14.4 Å². The Balaban J connectivity index is 1.11. The average molecular weight is 817 g/mol. The van der Waals surface area contributed by atoms with Gasteiger partial charge in [-0.3, -0.25) is 0 Å². The number of benzene rings is 4. The Morgan fingerprint density at radius 3 is 1.85 bits per heavy atom. The maximum atomic E-state index is 13.1. The molecule has 1 aliphatic carbocycles. The highest BCUT2D eigenvalue weighted by molar-refractivity contribution is 6.04. The first kappa shape index (κ1) is 44.6. The summed E-state index contributed by atoms with van der Waals surface area (Å²) >= 11 is 0. The molecular weight excluding hydrogens is 765 g/mol. The van der Waals surface area contributed by atoms with Gasteiger partial charge < -0.3 is 28.6 Å². The van der Waals surface area contributed by atoms with Gasteiger partial charge in [-0.05, 0) is 130 Å². The average Bonchev–Trinajstić information content (AvgIpc) is 3.69. The monoisotopic (exact) mass is 816 g/mol. The maximum Gasteiger partial charge on any atom is 0.343 e. The van der Waals surface area contributed by atoms with Crippen molar-refractivity contribution >= 4 is 29.8 Å². The molecule has 5 rings (SSSR count). The highest BCUT2D eigenvalue weighted by Crippen LogP contribution is 2.26. The van der Waals surface area contributed by atoms with E-state index in [0.717, 1.165) is 92.9 Å². The minimum absolute atomic E-state index is 0.165. The van der Waals surface area contributed by atoms with Gasteiger partial charge in [0.05, 0.1) is 43.9 Å². The lowest BCUT2D eigenvalue weighted by molar-refractivity contribution is -0.217. The molecule has 0 amide bonds.